The number of cyclic esters (lactones) is 1. The molecule has 2 aliphatic carbocycles. The molecular weight excluding hydrogens is 423 g/mol. The lowest BCUT2D eigenvalue weighted by atomic mass is 9.46. The summed E-state index contributed by atoms with van der Waals surface area (Å²) >= 11 is 0. The molecule has 2 saturated carbocycles. The van der Waals surface area contributed by atoms with Gasteiger partial charge >= 0.3 is 5.97 Å². The van der Waals surface area contributed by atoms with E-state index in [2.05, 4.69) is 20.4 Å². The van der Waals surface area contributed by atoms with Crippen LogP contribution in [0, 0.1) is 28.5 Å². The third-order valence-electron chi connectivity index (χ3n) is 8.83. The molecule has 5 rings (SSSR count). The van der Waals surface area contributed by atoms with Gasteiger partial charge in [-0.25, -0.2) is 9.18 Å². The van der Waals surface area contributed by atoms with E-state index in [1.807, 2.05) is 6.08 Å². The number of benzene rings is 1. The zero-order valence-corrected chi connectivity index (χ0v) is 19.4. The van der Waals surface area contributed by atoms with Gasteiger partial charge in [0.15, 0.2) is 6.29 Å². The minimum atomic E-state index is -0.838. The fourth-order valence-electron chi connectivity index (χ4n) is 6.99. The summed E-state index contributed by atoms with van der Waals surface area (Å²) in [6.45, 7) is 9.66. The third kappa shape index (κ3) is 3.76. The van der Waals surface area contributed by atoms with Gasteiger partial charge in [0, 0.05) is 11.0 Å². The average molecular weight is 457 g/mol. The van der Waals surface area contributed by atoms with Crippen molar-refractivity contribution in [2.75, 3.05) is 13.2 Å². The van der Waals surface area contributed by atoms with Crippen LogP contribution in [0.5, 0.6) is 0 Å². The second kappa shape index (κ2) is 8.33. The van der Waals surface area contributed by atoms with Crippen LogP contribution < -0.4 is 0 Å². The van der Waals surface area contributed by atoms with Crippen molar-refractivity contribution in [1.82, 2.24) is 0 Å². The standard InChI is InChI=1S/C27H33FO5/c1-16-4-11-22-26(2,20(16)10-9-19-21(29)14-31-24(19)30)13-12-23-27(22,3)15-32-25(33-23)17-5-7-18(28)8-6-17/h5-9,20-23,25,29H,1,4,10-15H2,2-3H3/b19-9+/t20-,21-,22+,23-,25?,26+,27+/m1/s1. The maximum absolute atomic E-state index is 13.4. The summed E-state index contributed by atoms with van der Waals surface area (Å²) in [5, 5.41) is 10.1. The van der Waals surface area contributed by atoms with Crippen molar-refractivity contribution in [2.24, 2.45) is 22.7 Å². The minimum absolute atomic E-state index is 0.000533. The summed E-state index contributed by atoms with van der Waals surface area (Å²) < 4.78 is 31.0. The molecule has 2 saturated heterocycles. The molecule has 2 aliphatic heterocycles. The molecule has 0 radical (unpaired) electrons. The van der Waals surface area contributed by atoms with Gasteiger partial charge in [0.05, 0.1) is 18.3 Å². The minimum Gasteiger partial charge on any atom is -0.459 e. The molecule has 4 fully saturated rings. The molecule has 2 heterocycles. The van der Waals surface area contributed by atoms with E-state index >= 15 is 0 Å². The van der Waals surface area contributed by atoms with Gasteiger partial charge in [-0.1, -0.05) is 44.2 Å². The van der Waals surface area contributed by atoms with Gasteiger partial charge < -0.3 is 19.3 Å². The quantitative estimate of drug-likeness (QED) is 0.400. The molecule has 6 heteroatoms. The number of halogens is 1. The van der Waals surface area contributed by atoms with Crippen molar-refractivity contribution >= 4 is 5.97 Å². The van der Waals surface area contributed by atoms with E-state index in [1.165, 1.54) is 17.7 Å². The van der Waals surface area contributed by atoms with Crippen LogP contribution in [0.4, 0.5) is 4.39 Å². The highest BCUT2D eigenvalue weighted by atomic mass is 19.1. The average Bonchev–Trinajstić information content (AvgIpc) is 3.10. The van der Waals surface area contributed by atoms with Crippen LogP contribution in [0.15, 0.2) is 48.1 Å². The number of fused-ring (bicyclic) bond motifs is 3. The molecule has 178 valence electrons. The van der Waals surface area contributed by atoms with Gasteiger partial charge in [-0.2, -0.15) is 0 Å². The summed E-state index contributed by atoms with van der Waals surface area (Å²) in [5.41, 5.74) is 2.30. The van der Waals surface area contributed by atoms with Gasteiger partial charge in [-0.15, -0.1) is 0 Å². The number of hydrogen-bond donors (Lipinski definition) is 1. The first kappa shape index (κ1) is 22.8. The number of carbonyl (C=O) groups is 1. The van der Waals surface area contributed by atoms with Crippen LogP contribution in [-0.4, -0.2) is 36.5 Å². The Bertz CT molecular complexity index is 971. The highest BCUT2D eigenvalue weighted by Gasteiger charge is 2.60. The molecule has 5 nitrogen and oxygen atoms in total. The number of hydrogen-bond acceptors (Lipinski definition) is 5. The highest BCUT2D eigenvalue weighted by molar-refractivity contribution is 5.91. The molecular formula is C27H33FO5. The lowest BCUT2D eigenvalue weighted by Gasteiger charge is -2.62. The van der Waals surface area contributed by atoms with Crippen molar-refractivity contribution in [3.8, 4) is 0 Å². The molecule has 1 aromatic rings. The van der Waals surface area contributed by atoms with Crippen molar-refractivity contribution in [3.05, 3.63) is 59.4 Å². The fraction of sp³-hybridized carbons (Fsp3) is 0.593. The first-order chi connectivity index (χ1) is 15.7. The van der Waals surface area contributed by atoms with E-state index in [9.17, 15) is 14.3 Å². The molecule has 1 aromatic carbocycles. The Hall–Kier alpha value is -2.02. The first-order valence-electron chi connectivity index (χ1n) is 12.0. The molecule has 0 aromatic heterocycles. The molecule has 0 bridgehead atoms. The third-order valence-corrected chi connectivity index (χ3v) is 8.83. The first-order valence-corrected chi connectivity index (χ1v) is 12.0. The normalized spacial score (nSPS) is 42.1. The number of ether oxygens (including phenoxy) is 3. The molecule has 7 atom stereocenters. The number of aliphatic hydroxyl groups is 1. The van der Waals surface area contributed by atoms with E-state index in [0.29, 0.717) is 24.5 Å². The van der Waals surface area contributed by atoms with Crippen LogP contribution in [-0.2, 0) is 19.0 Å². The molecule has 0 amide bonds. The molecule has 4 aliphatic rings. The molecule has 1 unspecified atom stereocenters. The van der Waals surface area contributed by atoms with Gasteiger partial charge in [0.2, 0.25) is 0 Å². The number of allylic oxidation sites excluding steroid dienone is 2. The topological polar surface area (TPSA) is 65.0 Å². The number of aliphatic hydroxyl groups excluding tert-OH is 1. The SMILES string of the molecule is C=C1CC[C@@H]2[C@]3(C)COC(c4ccc(F)cc4)O[C@@H]3CC[C@@]2(C)[C@@H]1C/C=C1/C(=O)OC[C@H]1O. The largest absolute Gasteiger partial charge is 0.459 e. The predicted octanol–water partition coefficient (Wildman–Crippen LogP) is 4.86. The smallest absolute Gasteiger partial charge is 0.336 e. The van der Waals surface area contributed by atoms with Gasteiger partial charge in [0.25, 0.3) is 0 Å². The number of carbonyl (C=O) groups excluding carboxylic acids is 1. The van der Waals surface area contributed by atoms with E-state index in [1.54, 1.807) is 12.1 Å². The number of rotatable bonds is 3. The van der Waals surface area contributed by atoms with Crippen molar-refractivity contribution in [1.29, 1.82) is 0 Å². The van der Waals surface area contributed by atoms with Crippen molar-refractivity contribution in [3.63, 3.8) is 0 Å². The van der Waals surface area contributed by atoms with Crippen molar-refractivity contribution < 1.29 is 28.5 Å². The summed E-state index contributed by atoms with van der Waals surface area (Å²) in [7, 11) is 0. The van der Waals surface area contributed by atoms with Crippen LogP contribution in [0.25, 0.3) is 0 Å². The summed E-state index contributed by atoms with van der Waals surface area (Å²) in [5.74, 6) is -0.0823. The lowest BCUT2D eigenvalue weighted by Crippen LogP contribution is -2.60. The monoisotopic (exact) mass is 456 g/mol. The predicted molar refractivity (Wildman–Crippen MR) is 120 cm³/mol. The van der Waals surface area contributed by atoms with Crippen LogP contribution in [0.1, 0.15) is 57.8 Å². The maximum Gasteiger partial charge on any atom is 0.336 e. The Labute approximate surface area is 194 Å². The maximum atomic E-state index is 13.4. The Morgan fingerprint density at radius 3 is 2.67 bits per heavy atom. The summed E-state index contributed by atoms with van der Waals surface area (Å²) in [4.78, 5) is 12.0. The second-order valence-electron chi connectivity index (χ2n) is 10.7. The van der Waals surface area contributed by atoms with Crippen LogP contribution in [0.3, 0.4) is 0 Å². The second-order valence-corrected chi connectivity index (χ2v) is 10.7. The Balaban J connectivity index is 1.37. The molecule has 0 spiro atoms. The van der Waals surface area contributed by atoms with Crippen molar-refractivity contribution in [2.45, 2.75) is 64.4 Å². The molecule has 1 N–H and O–H groups in total. The highest BCUT2D eigenvalue weighted by Crippen LogP contribution is 2.63. The zero-order chi connectivity index (χ0) is 23.4. The van der Waals surface area contributed by atoms with Crippen LogP contribution in [0.2, 0.25) is 0 Å². The van der Waals surface area contributed by atoms with E-state index < -0.39 is 18.4 Å². The van der Waals surface area contributed by atoms with Gasteiger partial charge in [-0.05, 0) is 61.5 Å². The van der Waals surface area contributed by atoms with Gasteiger partial charge in [-0.3, -0.25) is 0 Å². The van der Waals surface area contributed by atoms with Gasteiger partial charge in [0.1, 0.15) is 18.5 Å². The Morgan fingerprint density at radius 1 is 1.21 bits per heavy atom. The van der Waals surface area contributed by atoms with E-state index in [-0.39, 0.29) is 35.3 Å². The zero-order valence-electron chi connectivity index (χ0n) is 19.4. The Morgan fingerprint density at radius 2 is 1.97 bits per heavy atom. The van der Waals surface area contributed by atoms with Crippen LogP contribution >= 0.6 is 0 Å². The summed E-state index contributed by atoms with van der Waals surface area (Å²) in [6.07, 6.45) is 5.18. The van der Waals surface area contributed by atoms with E-state index in [0.717, 1.165) is 31.2 Å². The number of esters is 1. The Kier molecular flexibility index (Phi) is 5.74. The molecule has 33 heavy (non-hydrogen) atoms. The lowest BCUT2D eigenvalue weighted by molar-refractivity contribution is -0.307. The summed E-state index contributed by atoms with van der Waals surface area (Å²) in [6, 6.07) is 6.34. The fourth-order valence-corrected chi connectivity index (χ4v) is 6.99. The van der Waals surface area contributed by atoms with E-state index in [4.69, 9.17) is 14.2 Å².